The van der Waals surface area contributed by atoms with Gasteiger partial charge in [0.25, 0.3) is 0 Å². The summed E-state index contributed by atoms with van der Waals surface area (Å²) in [5.74, 6) is 2.75. The highest BCUT2D eigenvalue weighted by atomic mass is 35.5. The average molecular weight is 322 g/mol. The zero-order valence-electron chi connectivity index (χ0n) is 11.7. The molecule has 2 heterocycles. The van der Waals surface area contributed by atoms with Crippen LogP contribution in [0.4, 0.5) is 11.6 Å². The Morgan fingerprint density at radius 3 is 2.67 bits per heavy atom. The van der Waals surface area contributed by atoms with Crippen molar-refractivity contribution in [3.63, 3.8) is 0 Å². The molecular weight excluding hydrogens is 306 g/mol. The van der Waals surface area contributed by atoms with E-state index in [9.17, 15) is 0 Å². The minimum atomic E-state index is 0.484. The first kappa shape index (κ1) is 13.4. The van der Waals surface area contributed by atoms with Gasteiger partial charge in [0, 0.05) is 23.2 Å². The Morgan fingerprint density at radius 1 is 1.24 bits per heavy atom. The third kappa shape index (κ3) is 2.74. The van der Waals surface area contributed by atoms with Crippen LogP contribution in [-0.4, -0.2) is 26.4 Å². The molecule has 5 nitrogen and oxygen atoms in total. The smallest absolute Gasteiger partial charge is 0.190 e. The normalized spacial score (nSPS) is 18.0. The molecule has 0 unspecified atom stereocenters. The number of aromatic nitrogens is 4. The van der Waals surface area contributed by atoms with Crippen molar-refractivity contribution in [3.05, 3.63) is 22.5 Å². The van der Waals surface area contributed by atoms with E-state index in [0.29, 0.717) is 22.1 Å². The second-order valence-corrected chi connectivity index (χ2v) is 6.78. The number of anilines is 2. The van der Waals surface area contributed by atoms with E-state index in [1.54, 1.807) is 0 Å². The van der Waals surface area contributed by atoms with Crippen LogP contribution in [0, 0.1) is 0 Å². The minimum absolute atomic E-state index is 0.484. The second kappa shape index (κ2) is 5.18. The summed E-state index contributed by atoms with van der Waals surface area (Å²) < 4.78 is 0. The van der Waals surface area contributed by atoms with Gasteiger partial charge in [0.15, 0.2) is 11.0 Å². The van der Waals surface area contributed by atoms with Crippen LogP contribution in [0.5, 0.6) is 0 Å². The summed E-state index contributed by atoms with van der Waals surface area (Å²) in [6, 6.07) is 2.07. The summed E-state index contributed by atoms with van der Waals surface area (Å²) in [5, 5.41) is 12.0. The van der Waals surface area contributed by atoms with Gasteiger partial charge in [-0.2, -0.15) is 5.10 Å². The van der Waals surface area contributed by atoms with Gasteiger partial charge in [-0.05, 0) is 37.9 Å². The van der Waals surface area contributed by atoms with E-state index < -0.39 is 0 Å². The number of rotatable bonds is 5. The monoisotopic (exact) mass is 321 g/mol. The largest absolute Gasteiger partial charge is 0.323 e. The van der Waals surface area contributed by atoms with Gasteiger partial charge in [0.05, 0.1) is 0 Å². The fourth-order valence-electron chi connectivity index (χ4n) is 2.47. The van der Waals surface area contributed by atoms with Crippen molar-refractivity contribution in [3.8, 4) is 0 Å². The summed E-state index contributed by atoms with van der Waals surface area (Å²) in [6.45, 7) is 0. The van der Waals surface area contributed by atoms with Gasteiger partial charge >= 0.3 is 0 Å². The highest BCUT2D eigenvalue weighted by Gasteiger charge is 2.31. The number of hydrogen-bond acceptors (Lipinski definition) is 5. The zero-order valence-corrected chi connectivity index (χ0v) is 13.3. The van der Waals surface area contributed by atoms with Gasteiger partial charge in [-0.15, -0.1) is 0 Å². The fraction of sp³-hybridized carbons (Fsp3) is 0.500. The van der Waals surface area contributed by atoms with Gasteiger partial charge in [-0.1, -0.05) is 23.4 Å². The molecule has 0 aliphatic heterocycles. The third-order valence-electron chi connectivity index (χ3n) is 3.91. The van der Waals surface area contributed by atoms with E-state index in [1.165, 1.54) is 30.3 Å². The number of nitrogens with zero attached hydrogens (tertiary/aromatic N) is 3. The predicted octanol–water partition coefficient (Wildman–Crippen LogP) is 4.07. The minimum Gasteiger partial charge on any atom is -0.323 e. The molecule has 2 aromatic rings. The maximum atomic E-state index is 6.35. The molecule has 4 rings (SSSR count). The first-order chi connectivity index (χ1) is 10.2. The first-order valence-corrected chi connectivity index (χ1v) is 8.78. The van der Waals surface area contributed by atoms with Crippen molar-refractivity contribution in [1.82, 2.24) is 20.2 Å². The molecular formula is C14H16ClN5S. The van der Waals surface area contributed by atoms with E-state index in [-0.39, 0.29) is 0 Å². The van der Waals surface area contributed by atoms with Crippen LogP contribution in [0.1, 0.15) is 48.8 Å². The summed E-state index contributed by atoms with van der Waals surface area (Å²) in [4.78, 5) is 8.93. The predicted molar refractivity (Wildman–Crippen MR) is 84.6 cm³/mol. The molecule has 7 heteroatoms. The molecule has 2 aliphatic rings. The van der Waals surface area contributed by atoms with Crippen molar-refractivity contribution >= 4 is 35.0 Å². The number of nitrogens with one attached hydrogen (secondary N) is 2. The third-order valence-corrected chi connectivity index (χ3v) is 4.74. The van der Waals surface area contributed by atoms with E-state index in [4.69, 9.17) is 11.6 Å². The van der Waals surface area contributed by atoms with Crippen LogP contribution < -0.4 is 5.32 Å². The Labute approximate surface area is 132 Å². The van der Waals surface area contributed by atoms with E-state index in [0.717, 1.165) is 30.0 Å². The molecule has 2 aliphatic carbocycles. The summed E-state index contributed by atoms with van der Waals surface area (Å²) in [5.41, 5.74) is 2.24. The van der Waals surface area contributed by atoms with Crippen molar-refractivity contribution < 1.29 is 0 Å². The Hall–Kier alpha value is -1.27. The summed E-state index contributed by atoms with van der Waals surface area (Å²) in [6.07, 6.45) is 6.77. The molecule has 0 amide bonds. The number of hydrogen-bond donors (Lipinski definition) is 2. The van der Waals surface area contributed by atoms with Gasteiger partial charge in [-0.3, -0.25) is 5.10 Å². The van der Waals surface area contributed by atoms with E-state index in [2.05, 4.69) is 31.5 Å². The van der Waals surface area contributed by atoms with Crippen LogP contribution in [0.15, 0.2) is 11.2 Å². The van der Waals surface area contributed by atoms with Crippen LogP contribution in [0.25, 0.3) is 0 Å². The van der Waals surface area contributed by atoms with E-state index >= 15 is 0 Å². The summed E-state index contributed by atoms with van der Waals surface area (Å²) >= 11 is 7.84. The lowest BCUT2D eigenvalue weighted by molar-refractivity contribution is 0.926. The van der Waals surface area contributed by atoms with Gasteiger partial charge < -0.3 is 5.32 Å². The van der Waals surface area contributed by atoms with Gasteiger partial charge in [0.2, 0.25) is 0 Å². The second-order valence-electron chi connectivity index (χ2n) is 5.65. The Morgan fingerprint density at radius 2 is 2.00 bits per heavy atom. The van der Waals surface area contributed by atoms with Crippen molar-refractivity contribution in [2.75, 3.05) is 11.6 Å². The molecule has 0 radical (unpaired) electrons. The molecule has 0 saturated heterocycles. The molecule has 2 fully saturated rings. The number of thioether (sulfide) groups is 1. The van der Waals surface area contributed by atoms with Crippen LogP contribution >= 0.6 is 23.4 Å². The Balaban J connectivity index is 1.66. The lowest BCUT2D eigenvalue weighted by atomic mass is 10.2. The average Bonchev–Trinajstić information content (AvgIpc) is 3.38. The quantitative estimate of drug-likeness (QED) is 0.493. The van der Waals surface area contributed by atoms with Crippen LogP contribution in [-0.2, 0) is 0 Å². The maximum absolute atomic E-state index is 6.35. The highest BCUT2D eigenvalue weighted by Crippen LogP contribution is 2.46. The van der Waals surface area contributed by atoms with Crippen molar-refractivity contribution in [1.29, 1.82) is 0 Å². The lowest BCUT2D eigenvalue weighted by Crippen LogP contribution is -2.03. The lowest BCUT2D eigenvalue weighted by Gasteiger charge is -2.11. The number of halogens is 1. The molecule has 0 bridgehead atoms. The molecule has 0 aromatic carbocycles. The molecule has 0 atom stereocenters. The first-order valence-electron chi connectivity index (χ1n) is 7.18. The molecule has 2 aromatic heterocycles. The highest BCUT2D eigenvalue weighted by molar-refractivity contribution is 7.98. The maximum Gasteiger partial charge on any atom is 0.190 e. The molecule has 110 valence electrons. The number of aromatic amines is 1. The number of H-pyrrole nitrogens is 1. The molecule has 0 spiro atoms. The zero-order chi connectivity index (χ0) is 14.4. The van der Waals surface area contributed by atoms with Crippen molar-refractivity contribution in [2.24, 2.45) is 0 Å². The standard InChI is InChI=1S/C14H16ClN5S/c1-21-14-17-12(15)11(8-4-5-8)13(18-14)16-10-6-9(19-20-10)7-2-3-7/h6-8H,2-5H2,1H3,(H2,16,17,18,19,20). The van der Waals surface area contributed by atoms with E-state index in [1.807, 2.05) is 6.26 Å². The van der Waals surface area contributed by atoms with Crippen LogP contribution in [0.2, 0.25) is 5.15 Å². The molecule has 21 heavy (non-hydrogen) atoms. The fourth-order valence-corrected chi connectivity index (χ4v) is 3.21. The Kier molecular flexibility index (Phi) is 3.30. The van der Waals surface area contributed by atoms with Gasteiger partial charge in [0.1, 0.15) is 11.0 Å². The SMILES string of the molecule is CSc1nc(Cl)c(C2CC2)c(Nc2cc(C3CC3)[nH]n2)n1. The summed E-state index contributed by atoms with van der Waals surface area (Å²) in [7, 11) is 0. The Bertz CT molecular complexity index is 678. The molecule has 2 N–H and O–H groups in total. The van der Waals surface area contributed by atoms with Crippen molar-refractivity contribution in [2.45, 2.75) is 42.7 Å². The topological polar surface area (TPSA) is 66.5 Å². The van der Waals surface area contributed by atoms with Crippen LogP contribution in [0.3, 0.4) is 0 Å². The molecule has 2 saturated carbocycles. The van der Waals surface area contributed by atoms with Gasteiger partial charge in [-0.25, -0.2) is 9.97 Å².